The molecule has 11 rings (SSSR count). The molecule has 6 aromatic carbocycles. The number of methoxy groups -OCH3 is 3. The van der Waals surface area contributed by atoms with Crippen molar-refractivity contribution >= 4 is 43.9 Å². The Hall–Kier alpha value is -5.32. The molecule has 3 aliphatic heterocycles. The second-order valence-corrected chi connectivity index (χ2v) is 22.7. The number of fused-ring (bicyclic) bond motifs is 3. The summed E-state index contributed by atoms with van der Waals surface area (Å²) in [5.74, 6) is 5.41. The van der Waals surface area contributed by atoms with Gasteiger partial charge in [0.25, 0.3) is 0 Å². The molecule has 9 heteroatoms. The van der Waals surface area contributed by atoms with Crippen molar-refractivity contribution in [1.82, 2.24) is 14.7 Å². The third kappa shape index (κ3) is 13.6. The maximum atomic E-state index is 13.0. The van der Waals surface area contributed by atoms with Crippen LogP contribution in [0.4, 0.5) is 0 Å². The number of ether oxygens (including phenoxy) is 3. The highest BCUT2D eigenvalue weighted by Crippen LogP contribution is 2.35. The van der Waals surface area contributed by atoms with Crippen LogP contribution in [0.3, 0.4) is 0 Å². The van der Waals surface area contributed by atoms with Crippen molar-refractivity contribution in [2.24, 2.45) is 23.7 Å². The lowest BCUT2D eigenvalue weighted by molar-refractivity contribution is 0.0810. The normalized spacial score (nSPS) is 20.7. The van der Waals surface area contributed by atoms with E-state index in [1.807, 2.05) is 36.4 Å². The highest BCUT2D eigenvalue weighted by molar-refractivity contribution is 6.03. The van der Waals surface area contributed by atoms with Crippen LogP contribution in [-0.2, 0) is 6.42 Å². The second kappa shape index (κ2) is 26.2. The number of Topliss-reactive ketones (excluding diaryl/α,β-unsaturated/α-hetero) is 2. The lowest BCUT2D eigenvalue weighted by Crippen LogP contribution is -2.42. The third-order valence-corrected chi connectivity index (χ3v) is 17.4. The third-order valence-electron chi connectivity index (χ3n) is 17.4. The molecule has 9 nitrogen and oxygen atoms in total. The van der Waals surface area contributed by atoms with E-state index in [0.717, 1.165) is 144 Å². The minimum absolute atomic E-state index is 0. The van der Waals surface area contributed by atoms with E-state index in [9.17, 15) is 9.59 Å². The van der Waals surface area contributed by atoms with Crippen molar-refractivity contribution in [2.75, 3.05) is 73.7 Å². The molecule has 75 heavy (non-hydrogen) atoms. The van der Waals surface area contributed by atoms with Gasteiger partial charge >= 0.3 is 0 Å². The number of rotatable bonds is 14. The van der Waals surface area contributed by atoms with Crippen molar-refractivity contribution in [2.45, 2.75) is 124 Å². The molecule has 5 aliphatic rings. The number of hydrogen-bond acceptors (Lipinski definition) is 8. The Balaban J connectivity index is 0.000000148. The monoisotopic (exact) mass is 1020 g/mol. The molecule has 3 heterocycles. The average molecular weight is 1020 g/mol. The van der Waals surface area contributed by atoms with Crippen LogP contribution in [0.1, 0.15) is 133 Å². The van der Waals surface area contributed by atoms with Gasteiger partial charge in [0.05, 0.1) is 21.3 Å². The Kier molecular flexibility index (Phi) is 19.5. The minimum atomic E-state index is 0. The molecule has 0 bridgehead atoms. The predicted octanol–water partition coefficient (Wildman–Crippen LogP) is 13.5. The van der Waals surface area contributed by atoms with Gasteiger partial charge in [-0.1, -0.05) is 80.4 Å². The first kappa shape index (κ1) is 55.9. The molecule has 3 atom stereocenters. The average Bonchev–Trinajstić information content (AvgIpc) is 4.07. The molecule has 6 aromatic rings. The predicted molar refractivity (Wildman–Crippen MR) is 310 cm³/mol. The van der Waals surface area contributed by atoms with E-state index in [0.29, 0.717) is 11.6 Å². The van der Waals surface area contributed by atoms with Crippen molar-refractivity contribution in [3.05, 3.63) is 124 Å². The molecule has 0 aromatic heterocycles. The zero-order chi connectivity index (χ0) is 51.7. The Bertz CT molecular complexity index is 2880. The maximum Gasteiger partial charge on any atom is 0.167 e. The van der Waals surface area contributed by atoms with Gasteiger partial charge in [0.15, 0.2) is 11.6 Å². The summed E-state index contributed by atoms with van der Waals surface area (Å²) in [6, 6.07) is 32.5. The highest BCUT2D eigenvalue weighted by Gasteiger charge is 2.32. The fraction of sp³-hybridized carbons (Fsp3) is 0.515. The smallest absolute Gasteiger partial charge is 0.167 e. The van der Waals surface area contributed by atoms with Gasteiger partial charge in [-0.15, -0.1) is 0 Å². The Morgan fingerprint density at radius 1 is 0.507 bits per heavy atom. The van der Waals surface area contributed by atoms with Gasteiger partial charge in [0, 0.05) is 55.2 Å². The van der Waals surface area contributed by atoms with E-state index in [1.165, 1.54) is 99.3 Å². The lowest BCUT2D eigenvalue weighted by Gasteiger charge is -2.37. The van der Waals surface area contributed by atoms with Gasteiger partial charge in [-0.2, -0.15) is 0 Å². The summed E-state index contributed by atoms with van der Waals surface area (Å²) in [4.78, 5) is 33.7. The molecule has 0 radical (unpaired) electrons. The standard InChI is InChI=1S/C23H31NO.C22H27NO2.C21H27NO2.H2O/c1-17-22-11-9-18(15-20(22)10-12-23(17)25-2)14-19-6-5-13-24(16-19)21-7-3-4-8-21;1-15-20-9-7-18(12-17(20)8-10-21(15)25-2)22(24)19-4-3-11-23(14-19)13-16-5-6-16;1-4-11-22-12-5-6-18(14-22)21(23)17-7-9-19-15(2)20(24-3)10-8-16(19)13-17;/h9-12,15,19,21H,3-8,13-14,16H2,1-2H3;7-10,12,16,19H,3-6,11,13-14H2,1-2H3;7-10,13,18H,4-6,11-12,14H2,1-3H3;1H2. The zero-order valence-electron chi connectivity index (χ0n) is 46.5. The summed E-state index contributed by atoms with van der Waals surface area (Å²) < 4.78 is 16.3. The van der Waals surface area contributed by atoms with Gasteiger partial charge in [0.1, 0.15) is 17.2 Å². The van der Waals surface area contributed by atoms with Gasteiger partial charge in [-0.3, -0.25) is 9.59 Å². The second-order valence-electron chi connectivity index (χ2n) is 22.7. The van der Waals surface area contributed by atoms with Crippen LogP contribution in [0.5, 0.6) is 17.2 Å². The quantitative estimate of drug-likeness (QED) is 0.0994. The Morgan fingerprint density at radius 2 is 0.987 bits per heavy atom. The molecule has 3 unspecified atom stereocenters. The first-order chi connectivity index (χ1) is 36.0. The van der Waals surface area contributed by atoms with Gasteiger partial charge < -0.3 is 34.4 Å². The summed E-state index contributed by atoms with van der Waals surface area (Å²) in [5, 5.41) is 7.21. The number of nitrogens with zero attached hydrogens (tertiary/aromatic N) is 3. The summed E-state index contributed by atoms with van der Waals surface area (Å²) in [6.45, 7) is 17.6. The molecule has 2 saturated carbocycles. The topological polar surface area (TPSA) is 103 Å². The first-order valence-corrected chi connectivity index (χ1v) is 28.5. The largest absolute Gasteiger partial charge is 0.496 e. The molecule has 2 aliphatic carbocycles. The molecular formula is C66H87N3O6. The van der Waals surface area contributed by atoms with Crippen molar-refractivity contribution in [3.8, 4) is 17.2 Å². The number of aryl methyl sites for hydroxylation is 3. The minimum Gasteiger partial charge on any atom is -0.496 e. The SMILES string of the molecule is CCCN1CCCC(C(=O)c2ccc3c(C)c(OC)ccc3c2)C1.COc1ccc2cc(C(=O)C3CCCN(CC4CC4)C3)ccc2c1C.COc1ccc2cc(CC3CCCN(C4CCCC4)C3)ccc2c1C.O. The fourth-order valence-corrected chi connectivity index (χ4v) is 13.1. The number of benzene rings is 6. The summed E-state index contributed by atoms with van der Waals surface area (Å²) in [6.07, 6.45) is 18.0. The van der Waals surface area contributed by atoms with Crippen molar-refractivity contribution in [3.63, 3.8) is 0 Å². The van der Waals surface area contributed by atoms with Crippen LogP contribution in [-0.4, -0.2) is 111 Å². The van der Waals surface area contributed by atoms with Crippen LogP contribution in [0.15, 0.2) is 91.0 Å². The first-order valence-electron chi connectivity index (χ1n) is 28.5. The van der Waals surface area contributed by atoms with Crippen LogP contribution in [0, 0.1) is 44.4 Å². The molecular weight excluding hydrogens is 931 g/mol. The number of carbonyl (C=O) groups is 2. The van der Waals surface area contributed by atoms with Crippen molar-refractivity contribution < 1.29 is 29.3 Å². The molecule has 0 amide bonds. The molecule has 2 N–H and O–H groups in total. The van der Waals surface area contributed by atoms with E-state index >= 15 is 0 Å². The molecule has 402 valence electrons. The summed E-state index contributed by atoms with van der Waals surface area (Å²) in [5.41, 5.74) is 6.70. The zero-order valence-corrected chi connectivity index (χ0v) is 46.5. The summed E-state index contributed by atoms with van der Waals surface area (Å²) in [7, 11) is 5.14. The van der Waals surface area contributed by atoms with E-state index in [1.54, 1.807) is 21.3 Å². The van der Waals surface area contributed by atoms with Gasteiger partial charge in [0.2, 0.25) is 0 Å². The van der Waals surface area contributed by atoms with Crippen LogP contribution < -0.4 is 14.2 Å². The van der Waals surface area contributed by atoms with E-state index in [4.69, 9.17) is 14.2 Å². The number of likely N-dealkylation sites (tertiary alicyclic amines) is 3. The van der Waals surface area contributed by atoms with E-state index in [2.05, 4.69) is 97.0 Å². The maximum absolute atomic E-state index is 13.0. The molecule has 5 fully saturated rings. The fourth-order valence-electron chi connectivity index (χ4n) is 13.1. The van der Waals surface area contributed by atoms with Gasteiger partial charge in [-0.05, 0) is 221 Å². The lowest BCUT2D eigenvalue weighted by atomic mass is 9.88. The summed E-state index contributed by atoms with van der Waals surface area (Å²) >= 11 is 0. The number of carbonyl (C=O) groups excluding carboxylic acids is 2. The number of piperidine rings is 3. The van der Waals surface area contributed by atoms with Gasteiger partial charge in [-0.25, -0.2) is 0 Å². The van der Waals surface area contributed by atoms with E-state index in [-0.39, 0.29) is 17.3 Å². The molecule has 0 spiro atoms. The van der Waals surface area contributed by atoms with Crippen LogP contribution in [0.2, 0.25) is 0 Å². The van der Waals surface area contributed by atoms with E-state index < -0.39 is 0 Å². The Morgan fingerprint density at radius 3 is 1.49 bits per heavy atom. The van der Waals surface area contributed by atoms with Crippen molar-refractivity contribution in [1.29, 1.82) is 0 Å². The molecule has 3 saturated heterocycles. The Labute approximate surface area is 448 Å². The number of ketones is 2. The highest BCUT2D eigenvalue weighted by atomic mass is 16.5. The van der Waals surface area contributed by atoms with Crippen LogP contribution in [0.25, 0.3) is 32.3 Å². The van der Waals surface area contributed by atoms with Crippen LogP contribution >= 0.6 is 0 Å². The number of hydrogen-bond donors (Lipinski definition) is 0.